The molecule has 0 radical (unpaired) electrons. The first-order valence-corrected chi connectivity index (χ1v) is 8.48. The second-order valence-corrected chi connectivity index (χ2v) is 6.38. The van der Waals surface area contributed by atoms with Gasteiger partial charge in [-0.25, -0.2) is 0 Å². The molecule has 24 heavy (non-hydrogen) atoms. The van der Waals surface area contributed by atoms with Gasteiger partial charge in [0.15, 0.2) is 0 Å². The maximum absolute atomic E-state index is 12.4. The maximum atomic E-state index is 12.4. The van der Waals surface area contributed by atoms with Crippen LogP contribution in [0.3, 0.4) is 0 Å². The van der Waals surface area contributed by atoms with E-state index in [0.717, 1.165) is 37.2 Å². The van der Waals surface area contributed by atoms with Gasteiger partial charge in [-0.05, 0) is 24.5 Å². The molecule has 128 valence electrons. The van der Waals surface area contributed by atoms with Crippen LogP contribution in [0.15, 0.2) is 24.3 Å². The summed E-state index contributed by atoms with van der Waals surface area (Å²) in [5.74, 6) is -0.0118. The van der Waals surface area contributed by atoms with Gasteiger partial charge in [0.2, 0.25) is 17.7 Å². The smallest absolute Gasteiger partial charge is 0.236 e. The van der Waals surface area contributed by atoms with Crippen molar-refractivity contribution in [2.45, 2.75) is 31.6 Å². The molecule has 1 atom stereocenters. The van der Waals surface area contributed by atoms with Gasteiger partial charge in [-0.2, -0.15) is 0 Å². The number of rotatable bonds is 5. The van der Waals surface area contributed by atoms with Crippen molar-refractivity contribution in [3.05, 3.63) is 29.8 Å². The van der Waals surface area contributed by atoms with Gasteiger partial charge in [0.05, 0.1) is 0 Å². The van der Waals surface area contributed by atoms with E-state index in [9.17, 15) is 14.4 Å². The number of anilines is 1. The fourth-order valence-corrected chi connectivity index (χ4v) is 3.55. The number of carbonyl (C=O) groups is 3. The second-order valence-electron chi connectivity index (χ2n) is 6.38. The summed E-state index contributed by atoms with van der Waals surface area (Å²) in [6.07, 6.45) is 2.30. The van der Waals surface area contributed by atoms with E-state index in [1.807, 2.05) is 29.2 Å². The number of amides is 3. The average Bonchev–Trinajstić information content (AvgIpc) is 3.16. The molecule has 2 heterocycles. The van der Waals surface area contributed by atoms with Crippen LogP contribution in [0.4, 0.5) is 5.69 Å². The summed E-state index contributed by atoms with van der Waals surface area (Å²) < 4.78 is 0. The van der Waals surface area contributed by atoms with E-state index in [1.165, 1.54) is 7.05 Å². The lowest BCUT2D eigenvalue weighted by Gasteiger charge is -2.20. The number of fused-ring (bicyclic) bond motifs is 1. The molecule has 2 aliphatic rings. The Balaban J connectivity index is 1.70. The zero-order valence-corrected chi connectivity index (χ0v) is 14.0. The Morgan fingerprint density at radius 3 is 2.79 bits per heavy atom. The Morgan fingerprint density at radius 1 is 1.29 bits per heavy atom. The van der Waals surface area contributed by atoms with Crippen molar-refractivity contribution in [1.82, 2.24) is 10.2 Å². The standard InChI is InChI=1S/C18H23N3O3/c1-19-16(22)11-18(24)21-12-13(14-5-2-3-6-15(14)21)8-10-20-9-4-7-17(20)23/h2-3,5-6,13H,4,7-12H2,1H3,(H,19,22). The number of para-hydroxylation sites is 1. The Morgan fingerprint density at radius 2 is 2.08 bits per heavy atom. The minimum atomic E-state index is -0.274. The number of hydrogen-bond acceptors (Lipinski definition) is 3. The third-order valence-electron chi connectivity index (χ3n) is 4.88. The van der Waals surface area contributed by atoms with E-state index < -0.39 is 0 Å². The number of carbonyl (C=O) groups excluding carboxylic acids is 3. The van der Waals surface area contributed by atoms with Gasteiger partial charge in [0, 0.05) is 44.7 Å². The first-order valence-electron chi connectivity index (χ1n) is 8.48. The van der Waals surface area contributed by atoms with Crippen LogP contribution in [0.25, 0.3) is 0 Å². The summed E-state index contributed by atoms with van der Waals surface area (Å²) >= 11 is 0. The molecule has 2 aliphatic heterocycles. The molecule has 6 nitrogen and oxygen atoms in total. The summed E-state index contributed by atoms with van der Waals surface area (Å²) in [7, 11) is 1.53. The largest absolute Gasteiger partial charge is 0.359 e. The number of nitrogens with zero attached hydrogens (tertiary/aromatic N) is 2. The Bertz CT molecular complexity index is 659. The molecule has 0 bridgehead atoms. The molecule has 0 spiro atoms. The second kappa shape index (κ2) is 7.03. The summed E-state index contributed by atoms with van der Waals surface area (Å²) in [6, 6.07) is 7.85. The van der Waals surface area contributed by atoms with Crippen LogP contribution >= 0.6 is 0 Å². The van der Waals surface area contributed by atoms with E-state index in [-0.39, 0.29) is 30.1 Å². The van der Waals surface area contributed by atoms with Gasteiger partial charge in [0.1, 0.15) is 6.42 Å². The molecule has 6 heteroatoms. The fraction of sp³-hybridized carbons (Fsp3) is 0.500. The van der Waals surface area contributed by atoms with E-state index >= 15 is 0 Å². The maximum Gasteiger partial charge on any atom is 0.236 e. The highest BCUT2D eigenvalue weighted by molar-refractivity contribution is 6.06. The van der Waals surface area contributed by atoms with Crippen LogP contribution in [0.1, 0.15) is 37.2 Å². The molecule has 1 saturated heterocycles. The number of benzene rings is 1. The van der Waals surface area contributed by atoms with Crippen LogP contribution in [0.5, 0.6) is 0 Å². The van der Waals surface area contributed by atoms with Crippen LogP contribution in [0.2, 0.25) is 0 Å². The lowest BCUT2D eigenvalue weighted by atomic mass is 9.98. The van der Waals surface area contributed by atoms with Crippen molar-refractivity contribution < 1.29 is 14.4 Å². The molecular weight excluding hydrogens is 306 g/mol. The lowest BCUT2D eigenvalue weighted by Crippen LogP contribution is -2.34. The molecule has 1 aromatic carbocycles. The SMILES string of the molecule is CNC(=O)CC(=O)N1CC(CCN2CCCC2=O)c2ccccc21. The average molecular weight is 329 g/mol. The molecular formula is C18H23N3O3. The summed E-state index contributed by atoms with van der Waals surface area (Å²) in [6.45, 7) is 2.15. The van der Waals surface area contributed by atoms with Crippen molar-refractivity contribution in [3.63, 3.8) is 0 Å². The van der Waals surface area contributed by atoms with Gasteiger partial charge < -0.3 is 15.1 Å². The molecule has 1 aromatic rings. The van der Waals surface area contributed by atoms with E-state index in [4.69, 9.17) is 0 Å². The minimum absolute atomic E-state index is 0.137. The Hall–Kier alpha value is -2.37. The molecule has 0 aromatic heterocycles. The minimum Gasteiger partial charge on any atom is -0.359 e. The molecule has 3 amide bonds. The monoisotopic (exact) mass is 329 g/mol. The van der Waals surface area contributed by atoms with Gasteiger partial charge >= 0.3 is 0 Å². The topological polar surface area (TPSA) is 69.7 Å². The van der Waals surface area contributed by atoms with Crippen molar-refractivity contribution in [1.29, 1.82) is 0 Å². The van der Waals surface area contributed by atoms with Gasteiger partial charge in [0.25, 0.3) is 0 Å². The van der Waals surface area contributed by atoms with Crippen molar-refractivity contribution in [3.8, 4) is 0 Å². The van der Waals surface area contributed by atoms with Crippen LogP contribution < -0.4 is 10.2 Å². The summed E-state index contributed by atoms with van der Waals surface area (Å²) in [5, 5.41) is 2.49. The fourth-order valence-electron chi connectivity index (χ4n) is 3.55. The molecule has 0 saturated carbocycles. The van der Waals surface area contributed by atoms with Crippen molar-refractivity contribution >= 4 is 23.4 Å². The predicted octanol–water partition coefficient (Wildman–Crippen LogP) is 1.27. The van der Waals surface area contributed by atoms with Crippen molar-refractivity contribution in [2.24, 2.45) is 0 Å². The number of likely N-dealkylation sites (tertiary alicyclic amines) is 1. The van der Waals surface area contributed by atoms with E-state index in [1.54, 1.807) is 4.90 Å². The van der Waals surface area contributed by atoms with E-state index in [2.05, 4.69) is 5.32 Å². The quantitative estimate of drug-likeness (QED) is 0.827. The first-order chi connectivity index (χ1) is 11.6. The molecule has 0 aliphatic carbocycles. The summed E-state index contributed by atoms with van der Waals surface area (Å²) in [4.78, 5) is 39.3. The molecule has 1 N–H and O–H groups in total. The zero-order valence-electron chi connectivity index (χ0n) is 14.0. The van der Waals surface area contributed by atoms with E-state index in [0.29, 0.717) is 13.0 Å². The highest BCUT2D eigenvalue weighted by atomic mass is 16.2. The van der Waals surface area contributed by atoms with Gasteiger partial charge in [-0.15, -0.1) is 0 Å². The van der Waals surface area contributed by atoms with Gasteiger partial charge in [-0.1, -0.05) is 18.2 Å². The summed E-state index contributed by atoms with van der Waals surface area (Å²) in [5.41, 5.74) is 2.03. The van der Waals surface area contributed by atoms with Crippen LogP contribution in [0, 0.1) is 0 Å². The Labute approximate surface area is 141 Å². The highest BCUT2D eigenvalue weighted by Crippen LogP contribution is 2.38. The van der Waals surface area contributed by atoms with Crippen LogP contribution in [-0.2, 0) is 14.4 Å². The normalized spacial score (nSPS) is 19.5. The predicted molar refractivity (Wildman–Crippen MR) is 90.7 cm³/mol. The van der Waals surface area contributed by atoms with Crippen molar-refractivity contribution in [2.75, 3.05) is 31.6 Å². The van der Waals surface area contributed by atoms with Gasteiger partial charge in [-0.3, -0.25) is 14.4 Å². The molecule has 1 unspecified atom stereocenters. The molecule has 1 fully saturated rings. The first kappa shape index (κ1) is 16.5. The number of nitrogens with one attached hydrogen (secondary N) is 1. The Kier molecular flexibility index (Phi) is 4.83. The molecule has 3 rings (SSSR count). The highest BCUT2D eigenvalue weighted by Gasteiger charge is 2.33. The third kappa shape index (κ3) is 3.27. The third-order valence-corrected chi connectivity index (χ3v) is 4.88. The lowest BCUT2D eigenvalue weighted by molar-refractivity contribution is -0.129. The van der Waals surface area contributed by atoms with Crippen LogP contribution in [-0.4, -0.2) is 49.3 Å². The number of hydrogen-bond donors (Lipinski definition) is 1. The zero-order chi connectivity index (χ0) is 17.1.